The maximum absolute atomic E-state index is 13.8. The number of aliphatic hydroxyl groups is 1. The molecule has 4 nitrogen and oxygen atoms in total. The second-order valence-corrected chi connectivity index (χ2v) is 9.45. The summed E-state index contributed by atoms with van der Waals surface area (Å²) >= 11 is 0. The highest BCUT2D eigenvalue weighted by Gasteiger charge is 2.50. The molecule has 0 aromatic heterocycles. The molecule has 6 rings (SSSR count). The molecule has 0 fully saturated rings. The van der Waals surface area contributed by atoms with Crippen LogP contribution in [0.15, 0.2) is 121 Å². The van der Waals surface area contributed by atoms with Crippen molar-refractivity contribution in [1.29, 1.82) is 0 Å². The molecule has 1 aliphatic rings. The first-order valence-corrected chi connectivity index (χ1v) is 12.3. The van der Waals surface area contributed by atoms with Gasteiger partial charge >= 0.3 is 0 Å². The molecule has 4 heteroatoms. The predicted molar refractivity (Wildman–Crippen MR) is 146 cm³/mol. The maximum atomic E-state index is 13.8. The summed E-state index contributed by atoms with van der Waals surface area (Å²) in [5.41, 5.74) is 2.68. The lowest BCUT2D eigenvalue weighted by Gasteiger charge is -2.23. The molecule has 5 aromatic carbocycles. The maximum Gasteiger partial charge on any atom is 0.264 e. The SMILES string of the molecule is O=C(CC1(O)C(=O)N(Cc2cccc3ccccc23)c2ccccc21)c1ccc(-c2ccccc2)cc1. The van der Waals surface area contributed by atoms with Crippen molar-refractivity contribution in [2.75, 3.05) is 4.90 Å². The Balaban J connectivity index is 1.30. The number of fused-ring (bicyclic) bond motifs is 2. The molecule has 1 amide bonds. The van der Waals surface area contributed by atoms with E-state index in [1.54, 1.807) is 29.2 Å². The van der Waals surface area contributed by atoms with Gasteiger partial charge in [-0.1, -0.05) is 115 Å². The highest BCUT2D eigenvalue weighted by molar-refractivity contribution is 6.11. The quantitative estimate of drug-likeness (QED) is 0.280. The standard InChI is InChI=1S/C33H25NO3/c35-31(26-19-17-24(18-20-26)23-9-2-1-3-10-23)21-33(37)29-15-6-7-16-30(29)34(32(33)36)22-27-13-8-12-25-11-4-5-14-28(25)27/h1-20,37H,21-22H2. The lowest BCUT2D eigenvalue weighted by molar-refractivity contribution is -0.136. The van der Waals surface area contributed by atoms with Crippen LogP contribution in [0, 0.1) is 0 Å². The van der Waals surface area contributed by atoms with E-state index in [2.05, 4.69) is 0 Å². The molecule has 1 heterocycles. The van der Waals surface area contributed by atoms with E-state index < -0.39 is 11.5 Å². The number of benzene rings is 5. The summed E-state index contributed by atoms with van der Waals surface area (Å²) < 4.78 is 0. The minimum absolute atomic E-state index is 0.280. The Morgan fingerprint density at radius 1 is 0.703 bits per heavy atom. The average molecular weight is 484 g/mol. The predicted octanol–water partition coefficient (Wildman–Crippen LogP) is 6.51. The third-order valence-electron chi connectivity index (χ3n) is 7.18. The number of hydrogen-bond donors (Lipinski definition) is 1. The number of ketones is 1. The summed E-state index contributed by atoms with van der Waals surface area (Å²) in [6.45, 7) is 0.305. The molecular formula is C33H25NO3. The molecule has 0 saturated heterocycles. The summed E-state index contributed by atoms with van der Waals surface area (Å²) in [7, 11) is 0. The summed E-state index contributed by atoms with van der Waals surface area (Å²) in [6.07, 6.45) is -0.320. The topological polar surface area (TPSA) is 57.6 Å². The van der Waals surface area contributed by atoms with Gasteiger partial charge in [0.25, 0.3) is 5.91 Å². The third-order valence-corrected chi connectivity index (χ3v) is 7.18. The molecule has 1 aliphatic heterocycles. The fraction of sp³-hybridized carbons (Fsp3) is 0.0909. The van der Waals surface area contributed by atoms with Gasteiger partial charge in [-0.25, -0.2) is 0 Å². The number of nitrogens with zero attached hydrogens (tertiary/aromatic N) is 1. The van der Waals surface area contributed by atoms with Gasteiger partial charge in [0.2, 0.25) is 0 Å². The monoisotopic (exact) mass is 483 g/mol. The van der Waals surface area contributed by atoms with Crippen LogP contribution in [0.25, 0.3) is 21.9 Å². The summed E-state index contributed by atoms with van der Waals surface area (Å²) in [5, 5.41) is 13.9. The van der Waals surface area contributed by atoms with E-state index in [1.165, 1.54) is 0 Å². The first-order chi connectivity index (χ1) is 18.0. The van der Waals surface area contributed by atoms with E-state index in [-0.39, 0.29) is 12.2 Å². The van der Waals surface area contributed by atoms with Gasteiger partial charge < -0.3 is 10.0 Å². The number of Topliss-reactive ketones (excluding diaryl/α,β-unsaturated/α-hetero) is 1. The lowest BCUT2D eigenvalue weighted by Crippen LogP contribution is -2.41. The zero-order valence-corrected chi connectivity index (χ0v) is 20.2. The van der Waals surface area contributed by atoms with E-state index in [4.69, 9.17) is 0 Å². The summed E-state index contributed by atoms with van der Waals surface area (Å²) in [5.74, 6) is -0.756. The molecule has 0 spiro atoms. The van der Waals surface area contributed by atoms with Crippen molar-refractivity contribution in [2.24, 2.45) is 0 Å². The fourth-order valence-electron chi connectivity index (χ4n) is 5.25. The highest BCUT2D eigenvalue weighted by Crippen LogP contribution is 2.44. The number of rotatable bonds is 6. The van der Waals surface area contributed by atoms with Crippen molar-refractivity contribution in [3.8, 4) is 11.1 Å². The van der Waals surface area contributed by atoms with E-state index in [9.17, 15) is 14.7 Å². The zero-order valence-electron chi connectivity index (χ0n) is 20.2. The van der Waals surface area contributed by atoms with Crippen LogP contribution in [-0.4, -0.2) is 16.8 Å². The summed E-state index contributed by atoms with van der Waals surface area (Å²) in [6, 6.07) is 38.5. The van der Waals surface area contributed by atoms with Crippen LogP contribution in [0.5, 0.6) is 0 Å². The minimum Gasteiger partial charge on any atom is -0.375 e. The Hall–Kier alpha value is -4.54. The minimum atomic E-state index is -1.92. The van der Waals surface area contributed by atoms with E-state index in [0.29, 0.717) is 23.4 Å². The fourth-order valence-corrected chi connectivity index (χ4v) is 5.25. The Morgan fingerprint density at radius 3 is 2.16 bits per heavy atom. The van der Waals surface area contributed by atoms with Crippen molar-refractivity contribution >= 4 is 28.2 Å². The molecule has 0 radical (unpaired) electrons. The van der Waals surface area contributed by atoms with Crippen LogP contribution in [0.2, 0.25) is 0 Å². The van der Waals surface area contributed by atoms with Crippen molar-refractivity contribution < 1.29 is 14.7 Å². The van der Waals surface area contributed by atoms with Gasteiger partial charge in [-0.3, -0.25) is 9.59 Å². The van der Waals surface area contributed by atoms with Crippen LogP contribution < -0.4 is 4.90 Å². The smallest absolute Gasteiger partial charge is 0.264 e. The molecule has 1 atom stereocenters. The molecule has 180 valence electrons. The first-order valence-electron chi connectivity index (χ1n) is 12.3. The number of para-hydroxylation sites is 1. The Bertz CT molecular complexity index is 1620. The van der Waals surface area contributed by atoms with Crippen LogP contribution in [-0.2, 0) is 16.9 Å². The molecule has 0 saturated carbocycles. The molecule has 0 bridgehead atoms. The van der Waals surface area contributed by atoms with Crippen LogP contribution in [0.3, 0.4) is 0 Å². The second kappa shape index (κ2) is 9.16. The lowest BCUT2D eigenvalue weighted by atomic mass is 9.88. The number of hydrogen-bond acceptors (Lipinski definition) is 3. The Labute approximate surface area is 215 Å². The number of carbonyl (C=O) groups excluding carboxylic acids is 2. The first kappa shape index (κ1) is 22.9. The van der Waals surface area contributed by atoms with Gasteiger partial charge in [0.05, 0.1) is 18.7 Å². The average Bonchev–Trinajstić information content (AvgIpc) is 3.15. The van der Waals surface area contributed by atoms with Gasteiger partial charge in [0, 0.05) is 11.1 Å². The molecule has 5 aromatic rings. The molecule has 37 heavy (non-hydrogen) atoms. The highest BCUT2D eigenvalue weighted by atomic mass is 16.3. The number of carbonyl (C=O) groups is 2. The number of amides is 1. The van der Waals surface area contributed by atoms with Gasteiger partial charge in [0.15, 0.2) is 11.4 Å². The zero-order chi connectivity index (χ0) is 25.4. The largest absolute Gasteiger partial charge is 0.375 e. The van der Waals surface area contributed by atoms with Crippen LogP contribution >= 0.6 is 0 Å². The Kier molecular flexibility index (Phi) is 5.67. The van der Waals surface area contributed by atoms with Gasteiger partial charge in [-0.2, -0.15) is 0 Å². The van der Waals surface area contributed by atoms with Crippen LogP contribution in [0.4, 0.5) is 5.69 Å². The molecular weight excluding hydrogens is 458 g/mol. The molecule has 1 N–H and O–H groups in total. The van der Waals surface area contributed by atoms with Crippen molar-refractivity contribution in [3.63, 3.8) is 0 Å². The van der Waals surface area contributed by atoms with E-state index in [0.717, 1.165) is 27.5 Å². The van der Waals surface area contributed by atoms with Gasteiger partial charge in [0.1, 0.15) is 0 Å². The molecule has 1 unspecified atom stereocenters. The van der Waals surface area contributed by atoms with E-state index in [1.807, 2.05) is 97.1 Å². The molecule has 0 aliphatic carbocycles. The second-order valence-electron chi connectivity index (χ2n) is 9.45. The Morgan fingerprint density at radius 2 is 1.35 bits per heavy atom. The van der Waals surface area contributed by atoms with Crippen LogP contribution in [0.1, 0.15) is 27.9 Å². The van der Waals surface area contributed by atoms with Gasteiger partial charge in [-0.15, -0.1) is 0 Å². The van der Waals surface area contributed by atoms with E-state index >= 15 is 0 Å². The third kappa shape index (κ3) is 4.02. The normalized spacial score (nSPS) is 16.7. The van der Waals surface area contributed by atoms with Gasteiger partial charge in [-0.05, 0) is 33.5 Å². The van der Waals surface area contributed by atoms with Crippen molar-refractivity contribution in [1.82, 2.24) is 0 Å². The number of anilines is 1. The van der Waals surface area contributed by atoms with Crippen molar-refractivity contribution in [3.05, 3.63) is 138 Å². The van der Waals surface area contributed by atoms with Crippen molar-refractivity contribution in [2.45, 2.75) is 18.6 Å². The summed E-state index contributed by atoms with van der Waals surface area (Å²) in [4.78, 5) is 28.7.